The van der Waals surface area contributed by atoms with Crippen molar-refractivity contribution < 1.29 is 62.9 Å². The highest BCUT2D eigenvalue weighted by atomic mass is 16.5. The van der Waals surface area contributed by atoms with Crippen molar-refractivity contribution >= 4 is 75.9 Å². The molecule has 0 aliphatic carbocycles. The molecule has 4 heterocycles. The maximum Gasteiger partial charge on any atom is 0.245 e. The van der Waals surface area contributed by atoms with Gasteiger partial charge in [-0.05, 0) is 94.5 Å². The number of nitrogens with one attached hydrogen (secondary N) is 10. The molecule has 2 fully saturated rings. The Morgan fingerprint density at radius 2 is 1.36 bits per heavy atom. The third-order valence-corrected chi connectivity index (χ3v) is 15.0. The number of aliphatic hydroxyl groups excluding tert-OH is 1. The average Bonchev–Trinajstić information content (AvgIpc) is 2.76. The van der Waals surface area contributed by atoms with Crippen LogP contribution in [-0.2, 0) is 71.9 Å². The molecule has 9 atom stereocenters. The van der Waals surface area contributed by atoms with Crippen LogP contribution in [0.3, 0.4) is 0 Å². The molecular weight excluding hydrogens is 1150 g/mol. The summed E-state index contributed by atoms with van der Waals surface area (Å²) in [5, 5.41) is 43.0. The van der Waals surface area contributed by atoms with Gasteiger partial charge in [-0.2, -0.15) is 0 Å². The molecule has 89 heavy (non-hydrogen) atoms. The summed E-state index contributed by atoms with van der Waals surface area (Å²) in [7, 11) is 3.18. The topological polar surface area (TPSA) is 432 Å². The number of ether oxygens (including phenoxy) is 1. The molecule has 0 unspecified atom stereocenters. The minimum atomic E-state index is -1.78. The fourth-order valence-corrected chi connectivity index (χ4v) is 10.3. The van der Waals surface area contributed by atoms with Crippen LogP contribution in [0.4, 0.5) is 0 Å². The first kappa shape index (κ1) is 69.0. The Labute approximate surface area is 515 Å². The van der Waals surface area contributed by atoms with Gasteiger partial charge in [0.25, 0.3) is 0 Å². The quantitative estimate of drug-likeness (QED) is 0.0151. The largest absolute Gasteiger partial charge is 0.508 e. The number of aromatic amines is 2. The standard InChI is InChI=1S/C60H86N16O13/c1-33(2)24-42(51(81)68-41(14-10-22-64-59(61)62)57(87)76-23-11-15-48(76)58(88)75(6)7)69-56(86)47(31-89-60(3,4)5)74-52(82)43(25-34-16-18-37(78)19-17-34)70-55(85)46(30-77)73-53(83)44(26-35-28-65-39-13-9-8-12-38(35)39)71-54(84)45(27-36-29-63-32-66-36)72-50(80)40-20-21-49(79)67-40/h8-9,12-13,16-19,28-29,32-33,40-48,65,77-78H,10-11,14-15,20-27,30-31H2,1-7H3,(H,63,66)(H,67,79)(H,68,81)(H,69,86)(H,70,85)(H,71,84)(H,72,80)(H,73,83)(H,74,82)(H4,61,62,64)/t40-,41-,42-,43-,44-,45-,46-,47+,48-/m0/s1. The number of guanidine groups is 1. The second kappa shape index (κ2) is 32.2. The van der Waals surface area contributed by atoms with Crippen LogP contribution in [0.2, 0.25) is 0 Å². The van der Waals surface area contributed by atoms with Crippen molar-refractivity contribution in [2.75, 3.05) is 40.4 Å². The van der Waals surface area contributed by atoms with Gasteiger partial charge in [0, 0.05) is 81.9 Å². The van der Waals surface area contributed by atoms with E-state index in [0.717, 1.165) is 0 Å². The molecule has 2 aliphatic heterocycles. The number of aromatic nitrogens is 3. The Kier molecular flexibility index (Phi) is 25.0. The molecule has 2 aromatic carbocycles. The lowest BCUT2D eigenvalue weighted by Gasteiger charge is -2.31. The number of likely N-dealkylation sites (tertiary alicyclic amines) is 1. The number of nitrogens with two attached hydrogens (primary N) is 2. The van der Waals surface area contributed by atoms with Gasteiger partial charge >= 0.3 is 0 Å². The van der Waals surface area contributed by atoms with Crippen molar-refractivity contribution in [1.29, 1.82) is 0 Å². The Hall–Kier alpha value is -9.12. The number of fused-ring (bicyclic) bond motifs is 1. The number of benzene rings is 2. The number of aromatic hydroxyl groups is 1. The number of hydrogen-bond acceptors (Lipinski definition) is 15. The Morgan fingerprint density at radius 3 is 1.97 bits per heavy atom. The van der Waals surface area contributed by atoms with Gasteiger partial charge in [-0.1, -0.05) is 44.2 Å². The van der Waals surface area contributed by atoms with Gasteiger partial charge in [-0.15, -0.1) is 0 Å². The molecule has 4 aromatic rings. The van der Waals surface area contributed by atoms with Crippen LogP contribution in [0, 0.1) is 5.92 Å². The van der Waals surface area contributed by atoms with Crippen molar-refractivity contribution in [3.8, 4) is 5.75 Å². The monoisotopic (exact) mass is 1240 g/mol. The number of likely N-dealkylation sites (N-methyl/N-ethyl adjacent to an activating group) is 1. The van der Waals surface area contributed by atoms with Gasteiger partial charge in [-0.3, -0.25) is 52.9 Å². The van der Waals surface area contributed by atoms with Crippen molar-refractivity contribution in [2.45, 2.75) is 159 Å². The summed E-state index contributed by atoms with van der Waals surface area (Å²) < 4.78 is 6.04. The summed E-state index contributed by atoms with van der Waals surface area (Å²) in [5.41, 5.74) is 12.4. The van der Waals surface area contributed by atoms with Crippen molar-refractivity contribution in [3.63, 3.8) is 0 Å². The Balaban J connectivity index is 1.25. The Morgan fingerprint density at radius 1 is 0.764 bits per heavy atom. The minimum absolute atomic E-state index is 0.0580. The fourth-order valence-electron chi connectivity index (χ4n) is 10.3. The van der Waals surface area contributed by atoms with Gasteiger partial charge in [0.1, 0.15) is 60.1 Å². The molecule has 0 bridgehead atoms. The molecule has 16 N–H and O–H groups in total. The maximum atomic E-state index is 14.8. The zero-order valence-corrected chi connectivity index (χ0v) is 51.4. The van der Waals surface area contributed by atoms with Crippen LogP contribution in [0.5, 0.6) is 5.75 Å². The van der Waals surface area contributed by atoms with E-state index in [-0.39, 0.29) is 93.9 Å². The summed E-state index contributed by atoms with van der Waals surface area (Å²) in [6.45, 7) is 7.68. The molecule has 2 aliphatic rings. The summed E-state index contributed by atoms with van der Waals surface area (Å²) in [5.74, 6) is -7.66. The van der Waals surface area contributed by atoms with Crippen LogP contribution < -0.4 is 54.0 Å². The number of nitrogens with zero attached hydrogens (tertiary/aromatic N) is 4. The van der Waals surface area contributed by atoms with E-state index in [2.05, 4.69) is 62.5 Å². The first-order valence-corrected chi connectivity index (χ1v) is 29.7. The summed E-state index contributed by atoms with van der Waals surface area (Å²) in [6, 6.07) is 1.03. The summed E-state index contributed by atoms with van der Waals surface area (Å²) in [6.07, 6.45) is 5.57. The van der Waals surface area contributed by atoms with E-state index in [1.807, 2.05) is 19.9 Å². The van der Waals surface area contributed by atoms with Gasteiger partial charge in [-0.25, -0.2) is 4.98 Å². The van der Waals surface area contributed by atoms with Crippen LogP contribution in [0.15, 0.2) is 72.2 Å². The molecular formula is C60H86N16O13. The molecule has 2 aromatic heterocycles. The first-order chi connectivity index (χ1) is 42.2. The highest BCUT2D eigenvalue weighted by Gasteiger charge is 2.40. The predicted octanol–water partition coefficient (Wildman–Crippen LogP) is -1.72. The highest BCUT2D eigenvalue weighted by molar-refractivity contribution is 5.99. The normalized spacial score (nSPS) is 17.2. The molecule has 0 saturated carbocycles. The molecule has 29 nitrogen and oxygen atoms in total. The van der Waals surface area contributed by atoms with E-state index >= 15 is 0 Å². The lowest BCUT2D eigenvalue weighted by atomic mass is 10.0. The average molecular weight is 1240 g/mol. The summed E-state index contributed by atoms with van der Waals surface area (Å²) in [4.78, 5) is 157. The number of carbonyl (C=O) groups excluding carboxylic acids is 10. The number of imidazole rings is 1. The molecule has 10 amide bonds. The predicted molar refractivity (Wildman–Crippen MR) is 326 cm³/mol. The van der Waals surface area contributed by atoms with Crippen LogP contribution in [0.25, 0.3) is 10.9 Å². The number of hydrogen-bond donors (Lipinski definition) is 14. The van der Waals surface area contributed by atoms with Crippen molar-refractivity contribution in [1.82, 2.24) is 67.3 Å². The number of aliphatic hydroxyl groups is 1. The molecule has 2 saturated heterocycles. The minimum Gasteiger partial charge on any atom is -0.508 e. The first-order valence-electron chi connectivity index (χ1n) is 29.7. The summed E-state index contributed by atoms with van der Waals surface area (Å²) >= 11 is 0. The van der Waals surface area contributed by atoms with Gasteiger partial charge in [0.15, 0.2) is 5.96 Å². The second-order valence-corrected chi connectivity index (χ2v) is 23.9. The lowest BCUT2D eigenvalue weighted by molar-refractivity contribution is -0.144. The lowest BCUT2D eigenvalue weighted by Crippen LogP contribution is -2.62. The van der Waals surface area contributed by atoms with Crippen LogP contribution in [0.1, 0.15) is 96.4 Å². The molecule has 0 spiro atoms. The Bertz CT molecular complexity index is 3140. The van der Waals surface area contributed by atoms with E-state index in [1.54, 1.807) is 59.3 Å². The molecule has 29 heteroatoms. The number of aliphatic imine (C=N–C) groups is 1. The molecule has 0 radical (unpaired) electrons. The van der Waals surface area contributed by atoms with E-state index < -0.39 is 120 Å². The molecule has 484 valence electrons. The number of phenolic OH excluding ortho intramolecular Hbond substituents is 1. The second-order valence-electron chi connectivity index (χ2n) is 23.9. The SMILES string of the molecule is CC(C)C[C@H](NC(=O)[C@@H](COC(C)(C)C)NC(=O)[C@H](Cc1ccc(O)cc1)NC(=O)[C@H](CO)NC(=O)[C@H](Cc1c[nH]c2ccccc12)NC(=O)[C@H](Cc1cnc[nH]1)NC(=O)[C@@H]1CCC(=O)N1)C(=O)N[C@@H](CCCN=C(N)N)C(=O)N1CCC[C@H]1C(=O)N(C)C. The zero-order chi connectivity index (χ0) is 65.1. The number of para-hydroxylation sites is 1. The van der Waals surface area contributed by atoms with Crippen LogP contribution >= 0.6 is 0 Å². The molecule has 6 rings (SSSR count). The third-order valence-electron chi connectivity index (χ3n) is 15.0. The van der Waals surface area contributed by atoms with Gasteiger partial charge in [0.05, 0.1) is 25.1 Å². The van der Waals surface area contributed by atoms with E-state index in [9.17, 15) is 58.2 Å². The number of H-pyrrole nitrogens is 2. The zero-order valence-electron chi connectivity index (χ0n) is 51.4. The number of amides is 10. The fraction of sp³-hybridized carbons (Fsp3) is 0.533. The van der Waals surface area contributed by atoms with Crippen molar-refractivity contribution in [3.05, 3.63) is 84.1 Å². The maximum absolute atomic E-state index is 14.8. The van der Waals surface area contributed by atoms with E-state index in [4.69, 9.17) is 16.2 Å². The number of rotatable bonds is 31. The van der Waals surface area contributed by atoms with E-state index in [1.165, 1.54) is 46.6 Å². The third kappa shape index (κ3) is 20.8. The van der Waals surface area contributed by atoms with Gasteiger partial charge in [0.2, 0.25) is 59.1 Å². The number of phenols is 1. The van der Waals surface area contributed by atoms with E-state index in [0.29, 0.717) is 40.6 Å². The highest BCUT2D eigenvalue weighted by Crippen LogP contribution is 2.23. The number of carbonyl (C=O) groups is 10. The smallest absolute Gasteiger partial charge is 0.245 e. The van der Waals surface area contributed by atoms with Crippen molar-refractivity contribution in [2.24, 2.45) is 22.4 Å². The van der Waals surface area contributed by atoms with Gasteiger partial charge < -0.3 is 88.7 Å². The van der Waals surface area contributed by atoms with Crippen LogP contribution in [-0.4, -0.2) is 200 Å².